The fraction of sp³-hybridized carbons (Fsp3) is 0.556. The van der Waals surface area contributed by atoms with Crippen molar-refractivity contribution in [3.05, 3.63) is 23.8 Å². The Morgan fingerprint density at radius 3 is 2.59 bits per heavy atom. The van der Waals surface area contributed by atoms with E-state index in [0.717, 1.165) is 0 Å². The van der Waals surface area contributed by atoms with E-state index in [1.54, 1.807) is 39.2 Å². The molecule has 7 nitrogen and oxygen atoms in total. The van der Waals surface area contributed by atoms with Crippen molar-refractivity contribution in [1.29, 1.82) is 0 Å². The zero-order valence-corrected chi connectivity index (χ0v) is 16.2. The van der Waals surface area contributed by atoms with Gasteiger partial charge >= 0.3 is 6.61 Å². The van der Waals surface area contributed by atoms with Crippen molar-refractivity contribution in [3.63, 3.8) is 0 Å². The third kappa shape index (κ3) is 8.10. The number of halogens is 2. The Labute approximate surface area is 158 Å². The Hall–Kier alpha value is -2.58. The van der Waals surface area contributed by atoms with Crippen LogP contribution in [-0.2, 0) is 11.3 Å². The first-order chi connectivity index (χ1) is 12.9. The standard InChI is InChI=1S/C18H28F2N4O3/c1-5-21-18(22-11-10-15(25)24(3)4)23-12-13-8-7-9-14(26-6-2)16(13)27-17(19)20/h7-9,17H,5-6,10-12H2,1-4H3,(H2,21,22,23). The van der Waals surface area contributed by atoms with E-state index >= 15 is 0 Å². The number of alkyl halides is 2. The minimum Gasteiger partial charge on any atom is -0.490 e. The smallest absolute Gasteiger partial charge is 0.387 e. The van der Waals surface area contributed by atoms with Crippen LogP contribution >= 0.6 is 0 Å². The number of aliphatic imine (C=N–C) groups is 1. The number of ether oxygens (including phenoxy) is 2. The SMILES string of the molecule is CCNC(=NCc1cccc(OCC)c1OC(F)F)NCCC(=O)N(C)C. The lowest BCUT2D eigenvalue weighted by atomic mass is 10.2. The summed E-state index contributed by atoms with van der Waals surface area (Å²) < 4.78 is 35.6. The number of hydrogen-bond acceptors (Lipinski definition) is 4. The largest absolute Gasteiger partial charge is 0.490 e. The molecule has 0 saturated heterocycles. The van der Waals surface area contributed by atoms with Crippen LogP contribution in [0.4, 0.5) is 8.78 Å². The molecule has 27 heavy (non-hydrogen) atoms. The summed E-state index contributed by atoms with van der Waals surface area (Å²) in [4.78, 5) is 17.5. The molecular weight excluding hydrogens is 358 g/mol. The van der Waals surface area contributed by atoms with Gasteiger partial charge in [0.05, 0.1) is 13.2 Å². The number of rotatable bonds is 10. The average Bonchev–Trinajstić information content (AvgIpc) is 2.61. The summed E-state index contributed by atoms with van der Waals surface area (Å²) in [5, 5.41) is 6.10. The van der Waals surface area contributed by atoms with Crippen molar-refractivity contribution in [2.75, 3.05) is 33.8 Å². The van der Waals surface area contributed by atoms with E-state index in [4.69, 9.17) is 4.74 Å². The average molecular weight is 386 g/mol. The van der Waals surface area contributed by atoms with Gasteiger partial charge in [0, 0.05) is 39.2 Å². The molecule has 0 unspecified atom stereocenters. The number of nitrogens with zero attached hydrogens (tertiary/aromatic N) is 2. The van der Waals surface area contributed by atoms with Crippen LogP contribution in [0.25, 0.3) is 0 Å². The van der Waals surface area contributed by atoms with E-state index < -0.39 is 6.61 Å². The molecule has 152 valence electrons. The van der Waals surface area contributed by atoms with Crippen LogP contribution in [0.3, 0.4) is 0 Å². The second-order valence-corrected chi connectivity index (χ2v) is 5.72. The van der Waals surface area contributed by atoms with E-state index in [9.17, 15) is 13.6 Å². The van der Waals surface area contributed by atoms with E-state index in [2.05, 4.69) is 20.4 Å². The van der Waals surface area contributed by atoms with Gasteiger partial charge in [-0.2, -0.15) is 8.78 Å². The van der Waals surface area contributed by atoms with E-state index in [0.29, 0.717) is 37.6 Å². The van der Waals surface area contributed by atoms with Crippen molar-refractivity contribution in [2.45, 2.75) is 33.4 Å². The lowest BCUT2D eigenvalue weighted by molar-refractivity contribution is -0.128. The maximum Gasteiger partial charge on any atom is 0.387 e. The summed E-state index contributed by atoms with van der Waals surface area (Å²) in [6, 6.07) is 4.93. The highest BCUT2D eigenvalue weighted by atomic mass is 19.3. The van der Waals surface area contributed by atoms with Gasteiger partial charge in [-0.25, -0.2) is 4.99 Å². The Morgan fingerprint density at radius 1 is 1.26 bits per heavy atom. The first-order valence-corrected chi connectivity index (χ1v) is 8.80. The topological polar surface area (TPSA) is 75.2 Å². The number of para-hydroxylation sites is 1. The first-order valence-electron chi connectivity index (χ1n) is 8.80. The predicted octanol–water partition coefficient (Wildman–Crippen LogP) is 2.22. The van der Waals surface area contributed by atoms with Crippen molar-refractivity contribution in [2.24, 2.45) is 4.99 Å². The number of nitrogens with one attached hydrogen (secondary N) is 2. The van der Waals surface area contributed by atoms with E-state index in [1.807, 2.05) is 6.92 Å². The zero-order chi connectivity index (χ0) is 20.2. The van der Waals surface area contributed by atoms with Crippen LogP contribution in [0.5, 0.6) is 11.5 Å². The molecule has 0 aromatic heterocycles. The molecule has 0 saturated carbocycles. The Kier molecular flexibility index (Phi) is 9.92. The summed E-state index contributed by atoms with van der Waals surface area (Å²) in [5.41, 5.74) is 0.475. The second-order valence-electron chi connectivity index (χ2n) is 5.72. The fourth-order valence-electron chi connectivity index (χ4n) is 2.20. The molecule has 0 aliphatic heterocycles. The van der Waals surface area contributed by atoms with Crippen LogP contribution in [0.1, 0.15) is 25.8 Å². The van der Waals surface area contributed by atoms with Gasteiger partial charge in [0.2, 0.25) is 5.91 Å². The van der Waals surface area contributed by atoms with Gasteiger partial charge in [-0.1, -0.05) is 12.1 Å². The molecule has 0 atom stereocenters. The van der Waals surface area contributed by atoms with Gasteiger partial charge in [0.1, 0.15) is 0 Å². The summed E-state index contributed by atoms with van der Waals surface area (Å²) >= 11 is 0. The van der Waals surface area contributed by atoms with Crippen LogP contribution < -0.4 is 20.1 Å². The monoisotopic (exact) mass is 386 g/mol. The number of guanidine groups is 1. The third-order valence-corrected chi connectivity index (χ3v) is 3.45. The molecule has 2 N–H and O–H groups in total. The molecular formula is C18H28F2N4O3. The fourth-order valence-corrected chi connectivity index (χ4v) is 2.20. The maximum atomic E-state index is 12.8. The minimum absolute atomic E-state index is 0.00427. The van der Waals surface area contributed by atoms with E-state index in [1.165, 1.54) is 4.90 Å². The van der Waals surface area contributed by atoms with Crippen molar-refractivity contribution in [1.82, 2.24) is 15.5 Å². The molecule has 1 aromatic carbocycles. The normalized spacial score (nSPS) is 11.3. The molecule has 0 spiro atoms. The first kappa shape index (κ1) is 22.5. The Morgan fingerprint density at radius 2 is 2.00 bits per heavy atom. The van der Waals surface area contributed by atoms with Crippen LogP contribution in [-0.4, -0.2) is 57.2 Å². The van der Waals surface area contributed by atoms with E-state index in [-0.39, 0.29) is 24.0 Å². The molecule has 1 aromatic rings. The molecule has 0 bridgehead atoms. The van der Waals surface area contributed by atoms with Crippen molar-refractivity contribution < 1.29 is 23.0 Å². The molecule has 0 aliphatic carbocycles. The van der Waals surface area contributed by atoms with Gasteiger partial charge in [0.25, 0.3) is 0 Å². The highest BCUT2D eigenvalue weighted by Crippen LogP contribution is 2.33. The summed E-state index contributed by atoms with van der Waals surface area (Å²) in [6.07, 6.45) is 0.316. The number of carbonyl (C=O) groups is 1. The molecule has 1 rings (SSSR count). The molecule has 0 heterocycles. The van der Waals surface area contributed by atoms with Crippen LogP contribution in [0.2, 0.25) is 0 Å². The quantitative estimate of drug-likeness (QED) is 0.476. The predicted molar refractivity (Wildman–Crippen MR) is 100 cm³/mol. The Balaban J connectivity index is 2.88. The molecule has 0 radical (unpaired) electrons. The van der Waals surface area contributed by atoms with Crippen LogP contribution in [0, 0.1) is 0 Å². The lowest BCUT2D eigenvalue weighted by Gasteiger charge is -2.16. The van der Waals surface area contributed by atoms with Crippen LogP contribution in [0.15, 0.2) is 23.2 Å². The summed E-state index contributed by atoms with van der Waals surface area (Å²) in [7, 11) is 3.38. The number of carbonyl (C=O) groups excluding carboxylic acids is 1. The number of hydrogen-bond donors (Lipinski definition) is 2. The number of amides is 1. The molecule has 9 heteroatoms. The molecule has 0 aliphatic rings. The van der Waals surface area contributed by atoms with Crippen molar-refractivity contribution in [3.8, 4) is 11.5 Å². The van der Waals surface area contributed by atoms with Gasteiger partial charge in [-0.3, -0.25) is 4.79 Å². The van der Waals surface area contributed by atoms with Gasteiger partial charge in [-0.15, -0.1) is 0 Å². The zero-order valence-electron chi connectivity index (χ0n) is 16.2. The van der Waals surface area contributed by atoms with Crippen molar-refractivity contribution >= 4 is 11.9 Å². The van der Waals surface area contributed by atoms with Gasteiger partial charge in [0.15, 0.2) is 17.5 Å². The minimum atomic E-state index is -2.96. The lowest BCUT2D eigenvalue weighted by Crippen LogP contribution is -2.39. The third-order valence-electron chi connectivity index (χ3n) is 3.45. The number of benzene rings is 1. The molecule has 0 fully saturated rings. The van der Waals surface area contributed by atoms with Gasteiger partial charge in [-0.05, 0) is 19.9 Å². The maximum absolute atomic E-state index is 12.8. The highest BCUT2D eigenvalue weighted by molar-refractivity contribution is 5.81. The summed E-state index contributed by atoms with van der Waals surface area (Å²) in [5.74, 6) is 0.709. The summed E-state index contributed by atoms with van der Waals surface area (Å²) in [6.45, 7) is 2.17. The second kappa shape index (κ2) is 11.9. The Bertz CT molecular complexity index is 625. The van der Waals surface area contributed by atoms with Gasteiger partial charge < -0.3 is 25.0 Å². The molecule has 1 amide bonds. The highest BCUT2D eigenvalue weighted by Gasteiger charge is 2.15.